The van der Waals surface area contributed by atoms with Crippen LogP contribution in [0.1, 0.15) is 12.5 Å². The Morgan fingerprint density at radius 1 is 1.25 bits per heavy atom. The van der Waals surface area contributed by atoms with Crippen molar-refractivity contribution in [2.24, 2.45) is 0 Å². The summed E-state index contributed by atoms with van der Waals surface area (Å²) in [5, 5.41) is 2.31. The van der Waals surface area contributed by atoms with E-state index in [-0.39, 0.29) is 22.0 Å². The molecule has 10 heteroatoms. The van der Waals surface area contributed by atoms with Crippen LogP contribution in [0.3, 0.4) is 0 Å². The molecule has 2 aromatic heterocycles. The summed E-state index contributed by atoms with van der Waals surface area (Å²) in [7, 11) is -3.97. The number of aromatic amines is 1. The quantitative estimate of drug-likeness (QED) is 0.715. The predicted molar refractivity (Wildman–Crippen MR) is 86.2 cm³/mol. The average molecular weight is 347 g/mol. The highest BCUT2D eigenvalue weighted by molar-refractivity contribution is 7.90. The number of fused-ring (bicyclic) bond motifs is 1. The molecule has 0 fully saturated rings. The van der Waals surface area contributed by atoms with Crippen LogP contribution in [0.15, 0.2) is 40.3 Å². The van der Waals surface area contributed by atoms with Gasteiger partial charge in [-0.25, -0.2) is 17.4 Å². The van der Waals surface area contributed by atoms with Crippen LogP contribution in [0.4, 0.5) is 5.95 Å². The number of nitrogens with zero attached hydrogens (tertiary/aromatic N) is 3. The Morgan fingerprint density at radius 2 is 1.92 bits per heavy atom. The SMILES string of the molecule is CC(=O)Nc1nc2c(ncn2S(=O)(=O)c2ccc(C)cc2)c(=O)[nH]1. The van der Waals surface area contributed by atoms with Crippen molar-refractivity contribution in [3.8, 4) is 0 Å². The summed E-state index contributed by atoms with van der Waals surface area (Å²) in [6.07, 6.45) is 1.01. The topological polar surface area (TPSA) is 127 Å². The molecule has 0 aliphatic carbocycles. The van der Waals surface area contributed by atoms with Crippen LogP contribution in [0.5, 0.6) is 0 Å². The molecule has 0 spiro atoms. The van der Waals surface area contributed by atoms with E-state index in [0.717, 1.165) is 15.9 Å². The van der Waals surface area contributed by atoms with Crippen molar-refractivity contribution in [2.45, 2.75) is 18.7 Å². The molecular formula is C14H13N5O4S. The third kappa shape index (κ3) is 2.67. The number of imidazole rings is 1. The molecule has 24 heavy (non-hydrogen) atoms. The minimum atomic E-state index is -3.97. The molecule has 9 nitrogen and oxygen atoms in total. The second-order valence-corrected chi connectivity index (χ2v) is 6.94. The van der Waals surface area contributed by atoms with E-state index < -0.39 is 21.5 Å². The maximum atomic E-state index is 12.7. The summed E-state index contributed by atoms with van der Waals surface area (Å²) in [6.45, 7) is 3.08. The molecule has 0 aliphatic rings. The Kier molecular flexibility index (Phi) is 3.68. The number of benzene rings is 1. The first kappa shape index (κ1) is 15.9. The molecule has 0 radical (unpaired) electrons. The zero-order valence-electron chi connectivity index (χ0n) is 12.8. The fourth-order valence-electron chi connectivity index (χ4n) is 2.12. The van der Waals surface area contributed by atoms with E-state index in [2.05, 4.69) is 20.3 Å². The van der Waals surface area contributed by atoms with Crippen molar-refractivity contribution in [2.75, 3.05) is 5.32 Å². The van der Waals surface area contributed by atoms with Crippen molar-refractivity contribution in [1.82, 2.24) is 18.9 Å². The second kappa shape index (κ2) is 5.57. The number of H-pyrrole nitrogens is 1. The Hall–Kier alpha value is -3.01. The normalized spacial score (nSPS) is 11.6. The lowest BCUT2D eigenvalue weighted by Crippen LogP contribution is -2.18. The third-order valence-corrected chi connectivity index (χ3v) is 4.90. The van der Waals surface area contributed by atoms with Gasteiger partial charge in [-0.1, -0.05) is 17.7 Å². The zero-order valence-corrected chi connectivity index (χ0v) is 13.6. The van der Waals surface area contributed by atoms with Crippen LogP contribution in [0, 0.1) is 6.92 Å². The van der Waals surface area contributed by atoms with Crippen LogP contribution in [0.25, 0.3) is 11.2 Å². The van der Waals surface area contributed by atoms with E-state index in [9.17, 15) is 18.0 Å². The molecule has 0 saturated heterocycles. The van der Waals surface area contributed by atoms with Gasteiger partial charge < -0.3 is 0 Å². The van der Waals surface area contributed by atoms with Crippen molar-refractivity contribution >= 4 is 33.0 Å². The Balaban J connectivity index is 2.22. The van der Waals surface area contributed by atoms with Gasteiger partial charge in [0, 0.05) is 6.92 Å². The van der Waals surface area contributed by atoms with Crippen molar-refractivity contribution in [3.63, 3.8) is 0 Å². The number of hydrogen-bond donors (Lipinski definition) is 2. The van der Waals surface area contributed by atoms with Crippen LogP contribution in [-0.2, 0) is 14.8 Å². The lowest BCUT2D eigenvalue weighted by atomic mass is 10.2. The zero-order chi connectivity index (χ0) is 17.5. The van der Waals surface area contributed by atoms with Crippen LogP contribution < -0.4 is 10.9 Å². The maximum absolute atomic E-state index is 12.7. The summed E-state index contributed by atoms with van der Waals surface area (Å²) in [6, 6.07) is 6.24. The Bertz CT molecular complexity index is 1100. The van der Waals surface area contributed by atoms with Gasteiger partial charge in [-0.2, -0.15) is 4.98 Å². The van der Waals surface area contributed by atoms with Gasteiger partial charge in [-0.3, -0.25) is 19.9 Å². The van der Waals surface area contributed by atoms with Gasteiger partial charge in [0.1, 0.15) is 6.33 Å². The highest BCUT2D eigenvalue weighted by atomic mass is 32.2. The van der Waals surface area contributed by atoms with Crippen LogP contribution in [0.2, 0.25) is 0 Å². The van der Waals surface area contributed by atoms with Crippen molar-refractivity contribution in [1.29, 1.82) is 0 Å². The van der Waals surface area contributed by atoms with Gasteiger partial charge in [-0.15, -0.1) is 0 Å². The van der Waals surface area contributed by atoms with Crippen molar-refractivity contribution < 1.29 is 13.2 Å². The van der Waals surface area contributed by atoms with Gasteiger partial charge in [0.05, 0.1) is 4.90 Å². The van der Waals surface area contributed by atoms with Gasteiger partial charge >= 0.3 is 0 Å². The van der Waals surface area contributed by atoms with Gasteiger partial charge in [-0.05, 0) is 19.1 Å². The fraction of sp³-hybridized carbons (Fsp3) is 0.143. The summed E-state index contributed by atoms with van der Waals surface area (Å²) >= 11 is 0. The number of amides is 1. The number of carbonyl (C=O) groups excluding carboxylic acids is 1. The summed E-state index contributed by atoms with van der Waals surface area (Å²) in [5.74, 6) is -0.606. The standard InChI is InChI=1S/C14H13N5O4S/c1-8-3-5-10(6-4-8)24(22,23)19-7-15-11-12(19)17-14(16-9(2)20)18-13(11)21/h3-7H,1-2H3,(H2,16,17,18,20,21). The monoisotopic (exact) mass is 347 g/mol. The highest BCUT2D eigenvalue weighted by Gasteiger charge is 2.22. The van der Waals surface area contributed by atoms with Crippen LogP contribution >= 0.6 is 0 Å². The van der Waals surface area contributed by atoms with Gasteiger partial charge in [0.15, 0.2) is 11.2 Å². The molecular weight excluding hydrogens is 334 g/mol. The average Bonchev–Trinajstić information content (AvgIpc) is 2.92. The number of nitrogens with one attached hydrogen (secondary N) is 2. The summed E-state index contributed by atoms with van der Waals surface area (Å²) in [5.41, 5.74) is -0.0450. The van der Waals surface area contributed by atoms with E-state index in [0.29, 0.717) is 0 Å². The highest BCUT2D eigenvalue weighted by Crippen LogP contribution is 2.18. The largest absolute Gasteiger partial charge is 0.296 e. The first-order chi connectivity index (χ1) is 11.3. The number of aromatic nitrogens is 4. The third-order valence-electron chi connectivity index (χ3n) is 3.25. The molecule has 1 amide bonds. The molecule has 3 aromatic rings. The van der Waals surface area contributed by atoms with E-state index in [1.807, 2.05) is 6.92 Å². The van der Waals surface area contributed by atoms with Gasteiger partial charge in [0.25, 0.3) is 15.6 Å². The summed E-state index contributed by atoms with van der Waals surface area (Å²) in [4.78, 5) is 33.3. The maximum Gasteiger partial charge on any atom is 0.280 e. The van der Waals surface area contributed by atoms with E-state index in [4.69, 9.17) is 0 Å². The fourth-order valence-corrected chi connectivity index (χ4v) is 3.35. The predicted octanol–water partition coefficient (Wildman–Crippen LogP) is 0.623. The molecule has 3 rings (SSSR count). The minimum absolute atomic E-state index is 0.0376. The molecule has 2 heterocycles. The van der Waals surface area contributed by atoms with Crippen molar-refractivity contribution in [3.05, 3.63) is 46.5 Å². The van der Waals surface area contributed by atoms with Crippen LogP contribution in [-0.4, -0.2) is 33.2 Å². The first-order valence-corrected chi connectivity index (χ1v) is 8.30. The first-order valence-electron chi connectivity index (χ1n) is 6.86. The molecule has 1 aromatic carbocycles. The van der Waals surface area contributed by atoms with Gasteiger partial charge in [0.2, 0.25) is 11.9 Å². The molecule has 0 aliphatic heterocycles. The number of hydrogen-bond acceptors (Lipinski definition) is 6. The van der Waals surface area contributed by atoms with E-state index >= 15 is 0 Å². The number of rotatable bonds is 3. The molecule has 0 unspecified atom stereocenters. The molecule has 124 valence electrons. The second-order valence-electron chi connectivity index (χ2n) is 5.13. The minimum Gasteiger partial charge on any atom is -0.296 e. The lowest BCUT2D eigenvalue weighted by molar-refractivity contribution is -0.114. The summed E-state index contributed by atoms with van der Waals surface area (Å²) < 4.78 is 26.3. The van der Waals surface area contributed by atoms with E-state index in [1.54, 1.807) is 12.1 Å². The Morgan fingerprint density at radius 3 is 2.54 bits per heavy atom. The number of anilines is 1. The number of carbonyl (C=O) groups is 1. The number of aryl methyl sites for hydroxylation is 1. The molecule has 2 N–H and O–H groups in total. The molecule has 0 atom stereocenters. The Labute approximate surface area is 136 Å². The lowest BCUT2D eigenvalue weighted by Gasteiger charge is -2.07. The molecule has 0 bridgehead atoms. The molecule has 0 saturated carbocycles. The van der Waals surface area contributed by atoms with E-state index in [1.165, 1.54) is 19.1 Å². The smallest absolute Gasteiger partial charge is 0.280 e.